The number of thioether (sulfide) groups is 1. The van der Waals surface area contributed by atoms with Crippen LogP contribution in [0.15, 0.2) is 0 Å². The van der Waals surface area contributed by atoms with E-state index in [9.17, 15) is 4.79 Å². The average molecular weight is 716 g/mol. The highest BCUT2D eigenvalue weighted by molar-refractivity contribution is 8.13. The van der Waals surface area contributed by atoms with E-state index < -0.39 is 8.80 Å². The first kappa shape index (κ1) is 48.1. The first-order valence-corrected chi connectivity index (χ1v) is 24.2. The van der Waals surface area contributed by atoms with Crippen LogP contribution in [0.1, 0.15) is 214 Å². The van der Waals surface area contributed by atoms with Gasteiger partial charge in [0.15, 0.2) is 5.12 Å². The number of rotatable bonds is 40. The molecule has 0 aromatic rings. The van der Waals surface area contributed by atoms with Crippen LogP contribution in [0.4, 0.5) is 0 Å². The molecule has 0 spiro atoms. The summed E-state index contributed by atoms with van der Waals surface area (Å²) in [6.07, 6.45) is 38.1. The van der Waals surface area contributed by atoms with Crippen molar-refractivity contribution in [1.82, 2.24) is 5.32 Å². The van der Waals surface area contributed by atoms with Gasteiger partial charge in [0.05, 0.1) is 6.61 Å². The maximum atomic E-state index is 12.5. The Bertz CT molecular complexity index is 650. The summed E-state index contributed by atoms with van der Waals surface area (Å²) in [7, 11) is -0.716. The average Bonchev–Trinajstić information content (AvgIpc) is 3.09. The summed E-state index contributed by atoms with van der Waals surface area (Å²) in [6.45, 7) is 10.5. The summed E-state index contributed by atoms with van der Waals surface area (Å²) in [6, 6.07) is 1.10. The molecule has 0 aromatic carbocycles. The minimum atomic E-state index is -2.76. The van der Waals surface area contributed by atoms with Crippen LogP contribution in [-0.2, 0) is 18.1 Å². The Morgan fingerprint density at radius 1 is 0.542 bits per heavy atom. The second kappa shape index (κ2) is 38.3. The molecule has 0 fully saturated rings. The fraction of sp³-hybridized carbons (Fsp3) is 0.976. The first-order chi connectivity index (χ1) is 23.6. The molecule has 0 rings (SSSR count). The van der Waals surface area contributed by atoms with Crippen LogP contribution in [0.3, 0.4) is 0 Å². The molecule has 48 heavy (non-hydrogen) atoms. The van der Waals surface area contributed by atoms with Gasteiger partial charge in [-0.3, -0.25) is 4.79 Å². The van der Waals surface area contributed by atoms with E-state index in [2.05, 4.69) is 19.2 Å². The number of likely N-dealkylation sites (N-methyl/N-ethyl adjacent to an activating group) is 1. The third-order valence-corrected chi connectivity index (χ3v) is 13.7. The van der Waals surface area contributed by atoms with Gasteiger partial charge in [-0.1, -0.05) is 186 Å². The molecule has 0 aliphatic heterocycles. The highest BCUT2D eigenvalue weighted by Gasteiger charge is 2.40. The zero-order chi connectivity index (χ0) is 35.2. The molecule has 7 heteroatoms. The molecule has 0 bridgehead atoms. The molecule has 0 aliphatic rings. The fourth-order valence-electron chi connectivity index (χ4n) is 6.56. The summed E-state index contributed by atoms with van der Waals surface area (Å²) in [4.78, 5) is 12.5. The van der Waals surface area contributed by atoms with Gasteiger partial charge in [-0.05, 0) is 40.2 Å². The largest absolute Gasteiger partial charge is 0.501 e. The van der Waals surface area contributed by atoms with Crippen molar-refractivity contribution in [2.45, 2.75) is 226 Å². The van der Waals surface area contributed by atoms with Gasteiger partial charge < -0.3 is 18.6 Å². The molecule has 0 saturated carbocycles. The van der Waals surface area contributed by atoms with E-state index in [-0.39, 0.29) is 0 Å². The zero-order valence-electron chi connectivity index (χ0n) is 33.2. The highest BCUT2D eigenvalue weighted by Crippen LogP contribution is 2.23. The van der Waals surface area contributed by atoms with Crippen LogP contribution in [0.5, 0.6) is 0 Å². The van der Waals surface area contributed by atoms with Crippen LogP contribution in [-0.4, -0.2) is 52.6 Å². The molecule has 288 valence electrons. The van der Waals surface area contributed by atoms with Gasteiger partial charge in [-0.15, -0.1) is 0 Å². The molecule has 0 heterocycles. The van der Waals surface area contributed by atoms with E-state index in [1.807, 2.05) is 20.9 Å². The first-order valence-electron chi connectivity index (χ1n) is 21.3. The number of hydrogen-bond acceptors (Lipinski definition) is 6. The van der Waals surface area contributed by atoms with Crippen LogP contribution >= 0.6 is 11.8 Å². The van der Waals surface area contributed by atoms with E-state index in [1.54, 1.807) is 0 Å². The topological polar surface area (TPSA) is 56.8 Å². The molecule has 0 aromatic heterocycles. The molecule has 1 unspecified atom stereocenters. The predicted octanol–water partition coefficient (Wildman–Crippen LogP) is 13.2. The number of carbonyl (C=O) groups excluding carboxylic acids is 1. The minimum absolute atomic E-state index is 0.321. The molecule has 1 atom stereocenters. The van der Waals surface area contributed by atoms with Crippen molar-refractivity contribution in [2.24, 2.45) is 0 Å². The monoisotopic (exact) mass is 716 g/mol. The predicted molar refractivity (Wildman–Crippen MR) is 215 cm³/mol. The van der Waals surface area contributed by atoms with Crippen molar-refractivity contribution < 1.29 is 18.1 Å². The lowest BCUT2D eigenvalue weighted by molar-refractivity contribution is -0.111. The normalized spacial score (nSPS) is 12.6. The molecular formula is C41H85NO4SSi. The van der Waals surface area contributed by atoms with Crippen molar-refractivity contribution >= 4 is 25.7 Å². The van der Waals surface area contributed by atoms with Gasteiger partial charge in [0.25, 0.3) is 0 Å². The molecule has 0 saturated heterocycles. The number of nitrogens with one attached hydrogen (secondary N) is 1. The molecule has 0 amide bonds. The molecule has 5 nitrogen and oxygen atoms in total. The standard InChI is InChI=1S/C41H85NO4SSi/c1-6-10-12-14-16-18-20-22-24-26-28-30-32-35-40(42-5)39-46-48(44-8-3,45-9-4)38-34-37-47-41(43)36-33-31-29-27-25-23-21-19-17-15-13-11-7-2/h40,42H,6-39H2,1-5H3. The van der Waals surface area contributed by atoms with Gasteiger partial charge in [-0.2, -0.15) is 0 Å². The Hall–Kier alpha value is 0.0769. The molecule has 0 aliphatic carbocycles. The van der Waals surface area contributed by atoms with Crippen LogP contribution in [0.2, 0.25) is 6.04 Å². The van der Waals surface area contributed by atoms with Gasteiger partial charge in [0.1, 0.15) is 0 Å². The van der Waals surface area contributed by atoms with Crippen molar-refractivity contribution in [3.8, 4) is 0 Å². The molecule has 1 N–H and O–H groups in total. The summed E-state index contributed by atoms with van der Waals surface area (Å²) >= 11 is 1.50. The number of carbonyl (C=O) groups is 1. The van der Waals surface area contributed by atoms with Crippen LogP contribution in [0, 0.1) is 0 Å². The van der Waals surface area contributed by atoms with Crippen molar-refractivity contribution in [3.05, 3.63) is 0 Å². The number of unbranched alkanes of at least 4 members (excludes halogenated alkanes) is 24. The van der Waals surface area contributed by atoms with Crippen molar-refractivity contribution in [3.63, 3.8) is 0 Å². The van der Waals surface area contributed by atoms with Gasteiger partial charge >= 0.3 is 8.80 Å². The SMILES string of the molecule is CCCCCCCCCCCCCCCC(=O)SCCC[Si](OCC)(OCC)OCC(CCCCCCCCCCCCCCC)NC. The second-order valence-electron chi connectivity index (χ2n) is 14.2. The quantitative estimate of drug-likeness (QED) is 0.0503. The van der Waals surface area contributed by atoms with Gasteiger partial charge in [0, 0.05) is 37.5 Å². The zero-order valence-corrected chi connectivity index (χ0v) is 35.0. The minimum Gasteiger partial charge on any atom is -0.374 e. The van der Waals surface area contributed by atoms with E-state index >= 15 is 0 Å². The Kier molecular flexibility index (Phi) is 38.4. The van der Waals surface area contributed by atoms with Crippen molar-refractivity contribution in [2.75, 3.05) is 32.6 Å². The summed E-state index contributed by atoms with van der Waals surface area (Å²) in [5.41, 5.74) is 0. The second-order valence-corrected chi connectivity index (χ2v) is 18.1. The van der Waals surface area contributed by atoms with Crippen LogP contribution < -0.4 is 5.32 Å². The van der Waals surface area contributed by atoms with E-state index in [0.717, 1.165) is 31.1 Å². The highest BCUT2D eigenvalue weighted by atomic mass is 32.2. The Balaban J connectivity index is 4.05. The van der Waals surface area contributed by atoms with Crippen LogP contribution in [0.25, 0.3) is 0 Å². The Labute approximate surface area is 306 Å². The third kappa shape index (κ3) is 32.0. The van der Waals surface area contributed by atoms with E-state index in [0.29, 0.717) is 37.4 Å². The summed E-state index contributed by atoms with van der Waals surface area (Å²) < 4.78 is 19.0. The van der Waals surface area contributed by atoms with Gasteiger partial charge in [-0.25, -0.2) is 0 Å². The Morgan fingerprint density at radius 2 is 0.938 bits per heavy atom. The molecular weight excluding hydrogens is 631 g/mol. The van der Waals surface area contributed by atoms with Gasteiger partial charge in [0.2, 0.25) is 0 Å². The lowest BCUT2D eigenvalue weighted by Gasteiger charge is -2.30. The maximum Gasteiger partial charge on any atom is 0.501 e. The lowest BCUT2D eigenvalue weighted by Crippen LogP contribution is -2.48. The fourth-order valence-corrected chi connectivity index (χ4v) is 10.3. The maximum absolute atomic E-state index is 12.5. The Morgan fingerprint density at radius 3 is 1.33 bits per heavy atom. The third-order valence-electron chi connectivity index (χ3n) is 9.67. The number of hydrogen-bond donors (Lipinski definition) is 1. The summed E-state index contributed by atoms with van der Waals surface area (Å²) in [5, 5.41) is 3.81. The summed E-state index contributed by atoms with van der Waals surface area (Å²) in [5.74, 6) is 0.823. The smallest absolute Gasteiger partial charge is 0.374 e. The molecule has 0 radical (unpaired) electrons. The lowest BCUT2D eigenvalue weighted by atomic mass is 10.0. The van der Waals surface area contributed by atoms with E-state index in [1.165, 1.54) is 172 Å². The van der Waals surface area contributed by atoms with Crippen molar-refractivity contribution in [1.29, 1.82) is 0 Å². The van der Waals surface area contributed by atoms with E-state index in [4.69, 9.17) is 13.3 Å².